The average Bonchev–Trinajstić information content (AvgIpc) is 3.40. The molecule has 0 saturated carbocycles. The van der Waals surface area contributed by atoms with E-state index >= 15 is 0 Å². The molecule has 8 N–H and O–H groups in total. The maximum absolute atomic E-state index is 11.8. The number of carboxylic acid groups (broad SMARTS) is 1. The minimum absolute atomic E-state index is 0. The van der Waals surface area contributed by atoms with Crippen molar-refractivity contribution in [2.75, 3.05) is 14.2 Å². The van der Waals surface area contributed by atoms with E-state index in [1.807, 2.05) is 30.3 Å². The minimum atomic E-state index is -0.813. The number of aryl methyl sites for hydroxylation is 6. The quantitative estimate of drug-likeness (QED) is 0.0548. The molecule has 9 nitrogen and oxygen atoms in total. The molecule has 2 unspecified atom stereocenters. The van der Waals surface area contributed by atoms with Crippen LogP contribution in [0.2, 0.25) is 0 Å². The second-order valence-corrected chi connectivity index (χ2v) is 23.5. The van der Waals surface area contributed by atoms with Crippen molar-refractivity contribution in [3.63, 3.8) is 0 Å². The van der Waals surface area contributed by atoms with Gasteiger partial charge in [0.15, 0.2) is 0 Å². The van der Waals surface area contributed by atoms with Crippen molar-refractivity contribution in [2.45, 2.75) is 184 Å². The molecule has 0 bridgehead atoms. The second kappa shape index (κ2) is 30.6. The highest BCUT2D eigenvalue weighted by atomic mass is 16.5. The van der Waals surface area contributed by atoms with E-state index in [0.29, 0.717) is 0 Å². The van der Waals surface area contributed by atoms with Crippen LogP contribution < -0.4 is 0 Å². The van der Waals surface area contributed by atoms with Crippen LogP contribution in [0.15, 0.2) is 121 Å². The molecule has 0 heterocycles. The second-order valence-electron chi connectivity index (χ2n) is 23.5. The number of aliphatic carboxylic acids is 1. The van der Waals surface area contributed by atoms with Gasteiger partial charge in [0.2, 0.25) is 0 Å². The van der Waals surface area contributed by atoms with Gasteiger partial charge in [0.25, 0.3) is 0 Å². The van der Waals surface area contributed by atoms with E-state index in [9.17, 15) is 24.9 Å². The van der Waals surface area contributed by atoms with Crippen molar-refractivity contribution < 1.29 is 45.7 Å². The molecule has 0 amide bonds. The Kier molecular flexibility index (Phi) is 26.8. The average molecular weight is 1080 g/mol. The Bertz CT molecular complexity index is 2870. The van der Waals surface area contributed by atoms with Crippen LogP contribution in [0.25, 0.3) is 22.3 Å². The molecule has 0 fully saturated rings. The van der Waals surface area contributed by atoms with Crippen LogP contribution in [-0.4, -0.2) is 69.7 Å². The van der Waals surface area contributed by atoms with Gasteiger partial charge in [-0.3, -0.25) is 9.59 Å². The first-order valence-electron chi connectivity index (χ1n) is 28.1. The molecular formula is C70H98O9. The molecule has 79 heavy (non-hydrogen) atoms. The van der Waals surface area contributed by atoms with Gasteiger partial charge < -0.3 is 36.1 Å². The largest absolute Gasteiger partial charge is 0.481 e. The number of methoxy groups -OCH3 is 1. The summed E-state index contributed by atoms with van der Waals surface area (Å²) >= 11 is 0. The van der Waals surface area contributed by atoms with E-state index < -0.39 is 5.97 Å². The number of hydrogen-bond acceptors (Lipinski definition) is 6. The van der Waals surface area contributed by atoms with E-state index in [1.165, 1.54) is 68.3 Å². The molecule has 6 rings (SSSR count). The van der Waals surface area contributed by atoms with Crippen molar-refractivity contribution in [2.24, 2.45) is 10.8 Å². The fourth-order valence-corrected chi connectivity index (χ4v) is 11.1. The molecule has 6 aromatic carbocycles. The number of rotatable bonds is 20. The van der Waals surface area contributed by atoms with Gasteiger partial charge in [0.1, 0.15) is 0 Å². The Morgan fingerprint density at radius 1 is 0.481 bits per heavy atom. The van der Waals surface area contributed by atoms with Gasteiger partial charge >= 0.3 is 11.9 Å². The first-order chi connectivity index (χ1) is 36.4. The molecule has 0 aliphatic carbocycles. The number of hydrogen-bond donors (Lipinski definition) is 4. The number of ether oxygens (including phenoxy) is 1. The molecule has 0 aliphatic rings. The number of carbonyl (C=O) groups excluding carboxylic acids is 1. The predicted octanol–water partition coefficient (Wildman–Crippen LogP) is 14.1. The zero-order valence-electron chi connectivity index (χ0n) is 50.8. The van der Waals surface area contributed by atoms with Crippen LogP contribution in [0, 0.1) is 38.5 Å². The highest BCUT2D eigenvalue weighted by Crippen LogP contribution is 2.43. The Labute approximate surface area is 475 Å². The maximum atomic E-state index is 11.8. The summed E-state index contributed by atoms with van der Waals surface area (Å²) in [5.41, 5.74) is 18.9. The summed E-state index contributed by atoms with van der Waals surface area (Å²) in [6.45, 7) is 30.4. The number of benzene rings is 6. The molecule has 9 heteroatoms. The van der Waals surface area contributed by atoms with Gasteiger partial charge in [-0.2, -0.15) is 0 Å². The summed E-state index contributed by atoms with van der Waals surface area (Å²) in [6.07, 6.45) is 7.02. The Hall–Kier alpha value is -5.94. The lowest BCUT2D eigenvalue weighted by Crippen LogP contribution is -2.27. The highest BCUT2D eigenvalue weighted by molar-refractivity contribution is 5.75. The van der Waals surface area contributed by atoms with Crippen molar-refractivity contribution >= 4 is 11.9 Å². The van der Waals surface area contributed by atoms with Gasteiger partial charge in [0.05, 0.1) is 32.2 Å². The highest BCUT2D eigenvalue weighted by Gasteiger charge is 2.33. The van der Waals surface area contributed by atoms with Crippen LogP contribution in [0.1, 0.15) is 175 Å². The van der Waals surface area contributed by atoms with E-state index in [1.54, 1.807) is 0 Å². The molecule has 6 aromatic rings. The molecule has 432 valence electrons. The predicted molar refractivity (Wildman–Crippen MR) is 328 cm³/mol. The van der Waals surface area contributed by atoms with E-state index in [4.69, 9.17) is 9.84 Å². The minimum Gasteiger partial charge on any atom is -0.481 e. The molecule has 2 atom stereocenters. The third-order valence-corrected chi connectivity index (χ3v) is 16.5. The van der Waals surface area contributed by atoms with Gasteiger partial charge in [0, 0.05) is 17.9 Å². The van der Waals surface area contributed by atoms with Gasteiger partial charge in [-0.05, 0) is 179 Å². The smallest absolute Gasteiger partial charge is 0.309 e. The lowest BCUT2D eigenvalue weighted by Gasteiger charge is -2.34. The SMILES string of the molecule is CCC(CC)(c1ccc(CCC(O)C(C)(C)C)c(C)c1)c1ccc(-c2cccc(CC(=O)O)c2)c(C)c1.CCC(CC)(c1ccc(CCC(O)C(C)(C)C)c(C)c1)c1ccc(-c2cccc(CC(=O)OC)c2)c(C)c1.CO.O.O. The van der Waals surface area contributed by atoms with Gasteiger partial charge in [-0.1, -0.05) is 191 Å². The van der Waals surface area contributed by atoms with Gasteiger partial charge in [-0.25, -0.2) is 0 Å². The third-order valence-electron chi connectivity index (χ3n) is 16.5. The van der Waals surface area contributed by atoms with Crippen LogP contribution in [0.5, 0.6) is 0 Å². The monoisotopic (exact) mass is 1080 g/mol. The van der Waals surface area contributed by atoms with Crippen molar-refractivity contribution in [3.05, 3.63) is 188 Å². The Balaban J connectivity index is 0.000000511. The lowest BCUT2D eigenvalue weighted by molar-refractivity contribution is -0.140. The standard InChI is InChI=1S/C35H46O3.C34H44O3.CH4O.2H2O/c1-9-35(10-2,29-16-14-27(24(3)20-29)15-19-32(36)34(5,6)7)30-17-18-31(25(4)21-30)28-13-11-12-26(22-28)23-33(37)38-8;1-8-34(9-2,28-15-13-26(23(3)19-28)14-18-31(35)33(5,6)7)29-16-17-30(24(4)20-29)27-12-10-11-25(21-27)22-32(36)37;1-2;;/h11-14,16-18,20-22,32,36H,9-10,15,19,23H2,1-8H3;10-13,15-17,19-21,31,35H,8-9,14,18,22H2,1-7H3,(H,36,37);2H,1H3;2*1H2. The number of carbonyl (C=O) groups is 2. The molecule has 0 spiro atoms. The summed E-state index contributed by atoms with van der Waals surface area (Å²) in [4.78, 5) is 22.9. The molecule has 0 saturated heterocycles. The molecule has 0 aliphatic heterocycles. The Morgan fingerprint density at radius 2 is 0.810 bits per heavy atom. The number of carboxylic acids is 1. The van der Waals surface area contributed by atoms with Crippen molar-refractivity contribution in [3.8, 4) is 22.3 Å². The summed E-state index contributed by atoms with van der Waals surface area (Å²) in [5, 5.41) is 37.2. The molecular weight excluding hydrogens is 985 g/mol. The van der Waals surface area contributed by atoms with Gasteiger partial charge in [-0.15, -0.1) is 0 Å². The molecule has 0 radical (unpaired) electrons. The fourth-order valence-electron chi connectivity index (χ4n) is 11.1. The first-order valence-corrected chi connectivity index (χ1v) is 28.1. The zero-order chi connectivity index (χ0) is 57.5. The zero-order valence-corrected chi connectivity index (χ0v) is 50.8. The topological polar surface area (TPSA) is 187 Å². The fraction of sp³-hybridized carbons (Fsp3) is 0.457. The Morgan fingerprint density at radius 3 is 1.10 bits per heavy atom. The van der Waals surface area contributed by atoms with Crippen molar-refractivity contribution in [1.29, 1.82) is 0 Å². The van der Waals surface area contributed by atoms with Crippen LogP contribution in [-0.2, 0) is 50.8 Å². The lowest BCUT2D eigenvalue weighted by atomic mass is 9.69. The third kappa shape index (κ3) is 17.5. The van der Waals surface area contributed by atoms with E-state index in [-0.39, 0.29) is 63.6 Å². The first kappa shape index (κ1) is 69.2. The van der Waals surface area contributed by atoms with Crippen LogP contribution in [0.4, 0.5) is 0 Å². The summed E-state index contributed by atoms with van der Waals surface area (Å²) in [5.74, 6) is -1.04. The normalized spacial score (nSPS) is 12.3. The number of aliphatic hydroxyl groups is 3. The number of aliphatic hydroxyl groups excluding tert-OH is 3. The van der Waals surface area contributed by atoms with Crippen LogP contribution in [0.3, 0.4) is 0 Å². The summed E-state index contributed by atoms with van der Waals surface area (Å²) in [7, 11) is 2.43. The van der Waals surface area contributed by atoms with Crippen LogP contribution >= 0.6 is 0 Å². The maximum Gasteiger partial charge on any atom is 0.309 e. The van der Waals surface area contributed by atoms with E-state index in [2.05, 4.69) is 188 Å². The van der Waals surface area contributed by atoms with Crippen molar-refractivity contribution in [1.82, 2.24) is 0 Å². The van der Waals surface area contributed by atoms with E-state index in [0.717, 1.165) is 86.3 Å². The summed E-state index contributed by atoms with van der Waals surface area (Å²) in [6, 6.07) is 43.5. The number of esters is 1. The summed E-state index contributed by atoms with van der Waals surface area (Å²) < 4.78 is 4.85. The molecule has 0 aromatic heterocycles.